The summed E-state index contributed by atoms with van der Waals surface area (Å²) in [4.78, 5) is 81.6. The number of piperazine rings is 2. The molecule has 0 radical (unpaired) electrons. The molecule has 2 saturated heterocycles. The highest BCUT2D eigenvalue weighted by molar-refractivity contribution is 6.08. The number of pyridine rings is 2. The van der Waals surface area contributed by atoms with Crippen molar-refractivity contribution in [3.63, 3.8) is 0 Å². The molecule has 0 spiro atoms. The molecule has 75 heavy (non-hydrogen) atoms. The number of nitrogens with zero attached hydrogens (tertiary/aromatic N) is 6. The maximum atomic E-state index is 13.2. The quantitative estimate of drug-likeness (QED) is 0.0499. The smallest absolute Gasteiger partial charge is 0.412 e. The molecule has 6 aromatic rings. The largest absolute Gasteiger partial charge is 0.444 e. The SMILES string of the molecule is CN1CCN(CCCC(=O)c2ccc(C(=O)Nc3cc(-c4cccnc4)ccc3N)cc2)CC1.CN1CCN(CCCC(=O)c2ccc(C(=O)Nc3cc(-c4cccnc4)ccc3NC(=O)OC(C)(C)C)cc2)CC1. The highest BCUT2D eigenvalue weighted by Gasteiger charge is 2.21. The van der Waals surface area contributed by atoms with E-state index < -0.39 is 11.7 Å². The van der Waals surface area contributed by atoms with Crippen LogP contribution in [0, 0.1) is 0 Å². The predicted molar refractivity (Wildman–Crippen MR) is 297 cm³/mol. The Morgan fingerprint density at radius 1 is 0.520 bits per heavy atom. The number of hydrogen-bond donors (Lipinski definition) is 4. The van der Waals surface area contributed by atoms with E-state index in [9.17, 15) is 24.0 Å². The first-order valence-corrected chi connectivity index (χ1v) is 25.6. The summed E-state index contributed by atoms with van der Waals surface area (Å²) in [5.41, 5.74) is 12.9. The van der Waals surface area contributed by atoms with E-state index in [0.29, 0.717) is 57.8 Å². The summed E-state index contributed by atoms with van der Waals surface area (Å²) in [6, 6.07) is 31.9. The maximum absolute atomic E-state index is 13.2. The van der Waals surface area contributed by atoms with E-state index in [4.69, 9.17) is 10.5 Å². The van der Waals surface area contributed by atoms with Crippen LogP contribution in [0.1, 0.15) is 87.9 Å². The van der Waals surface area contributed by atoms with Gasteiger partial charge in [-0.2, -0.15) is 0 Å². The van der Waals surface area contributed by atoms with E-state index >= 15 is 0 Å². The van der Waals surface area contributed by atoms with Crippen LogP contribution in [0.4, 0.5) is 27.5 Å². The molecule has 2 aromatic heterocycles. The Kier molecular flexibility index (Phi) is 19.5. The van der Waals surface area contributed by atoms with Gasteiger partial charge in [0, 0.05) is 123 Å². The van der Waals surface area contributed by atoms with Gasteiger partial charge in [-0.25, -0.2) is 4.79 Å². The van der Waals surface area contributed by atoms with Crippen LogP contribution in [-0.2, 0) is 4.74 Å². The van der Waals surface area contributed by atoms with E-state index in [1.54, 1.807) is 112 Å². The molecule has 0 bridgehead atoms. The Balaban J connectivity index is 0.000000222. The highest BCUT2D eigenvalue weighted by Crippen LogP contribution is 2.31. The molecule has 392 valence electrons. The first-order chi connectivity index (χ1) is 36.1. The van der Waals surface area contributed by atoms with Gasteiger partial charge in [0.25, 0.3) is 11.8 Å². The Hall–Kier alpha value is -7.63. The second-order valence-electron chi connectivity index (χ2n) is 20.1. The maximum Gasteiger partial charge on any atom is 0.412 e. The Morgan fingerprint density at radius 3 is 1.39 bits per heavy atom. The molecule has 16 heteroatoms. The molecule has 8 rings (SSSR count). The van der Waals surface area contributed by atoms with Crippen LogP contribution < -0.4 is 21.7 Å². The molecule has 4 heterocycles. The zero-order valence-electron chi connectivity index (χ0n) is 43.8. The van der Waals surface area contributed by atoms with Gasteiger partial charge in [-0.3, -0.25) is 34.5 Å². The third kappa shape index (κ3) is 17.0. The van der Waals surface area contributed by atoms with E-state index in [1.807, 2.05) is 42.5 Å². The van der Waals surface area contributed by atoms with Crippen LogP contribution in [0.25, 0.3) is 22.3 Å². The normalized spacial score (nSPS) is 14.5. The molecule has 2 aliphatic heterocycles. The third-order valence-corrected chi connectivity index (χ3v) is 13.1. The van der Waals surface area contributed by atoms with Gasteiger partial charge in [0.1, 0.15) is 5.60 Å². The number of nitrogens with two attached hydrogens (primary N) is 1. The zero-order chi connectivity index (χ0) is 53.3. The lowest BCUT2D eigenvalue weighted by atomic mass is 10.0. The minimum absolute atomic E-state index is 0.0686. The lowest BCUT2D eigenvalue weighted by Crippen LogP contribution is -2.44. The topological polar surface area (TPSA) is 195 Å². The van der Waals surface area contributed by atoms with Crippen LogP contribution >= 0.6 is 0 Å². The fourth-order valence-electron chi connectivity index (χ4n) is 8.62. The van der Waals surface area contributed by atoms with Crippen molar-refractivity contribution in [3.8, 4) is 22.3 Å². The first kappa shape index (κ1) is 55.1. The van der Waals surface area contributed by atoms with Crippen LogP contribution in [0.3, 0.4) is 0 Å². The molecule has 5 N–H and O–H groups in total. The number of rotatable bonds is 17. The summed E-state index contributed by atoms with van der Waals surface area (Å²) in [5, 5.41) is 8.51. The average Bonchev–Trinajstić information content (AvgIpc) is 3.41. The summed E-state index contributed by atoms with van der Waals surface area (Å²) in [6.07, 6.45) is 8.90. The average molecular weight is 1020 g/mol. The molecule has 0 saturated carbocycles. The Bertz CT molecular complexity index is 2860. The highest BCUT2D eigenvalue weighted by atomic mass is 16.6. The molecule has 2 fully saturated rings. The number of amides is 3. The number of benzene rings is 4. The summed E-state index contributed by atoms with van der Waals surface area (Å²) >= 11 is 0. The fourth-order valence-corrected chi connectivity index (χ4v) is 8.62. The molecule has 4 aromatic carbocycles. The number of ether oxygens (including phenoxy) is 1. The number of anilines is 4. The number of carbonyl (C=O) groups is 5. The summed E-state index contributed by atoms with van der Waals surface area (Å²) in [7, 11) is 4.27. The summed E-state index contributed by atoms with van der Waals surface area (Å²) in [5.74, 6) is -0.465. The zero-order valence-corrected chi connectivity index (χ0v) is 43.8. The molecular weight excluding hydrogens is 945 g/mol. The number of nitrogen functional groups attached to an aromatic ring is 1. The van der Waals surface area contributed by atoms with Crippen molar-refractivity contribution in [2.45, 2.75) is 52.1 Å². The molecule has 16 nitrogen and oxygen atoms in total. The fraction of sp³-hybridized carbons (Fsp3) is 0.339. The molecular formula is C59H70N10O6. The van der Waals surface area contributed by atoms with Crippen molar-refractivity contribution in [2.24, 2.45) is 0 Å². The standard InChI is InChI=1S/C32H39N5O4.C27H31N5O2/c1-32(2,3)41-31(40)35-27-14-13-25(26-7-5-15-33-22-26)21-28(27)34-30(39)24-11-9-23(10-12-24)29(38)8-6-16-37-19-17-36(4)18-20-37;1-31-14-16-32(17-15-31)13-3-5-26(33)20-6-8-21(9-7-20)27(34)30-25-18-22(10-11-24(25)28)23-4-2-12-29-19-23/h5,7,9-15,21-22H,6,8,16-20H2,1-4H3,(H,34,39)(H,35,40);2,4,6-12,18-19H,3,5,13-17,28H2,1H3,(H,30,34). The predicted octanol–water partition coefficient (Wildman–Crippen LogP) is 9.35. The lowest BCUT2D eigenvalue weighted by Gasteiger charge is -2.32. The summed E-state index contributed by atoms with van der Waals surface area (Å²) in [6.45, 7) is 15.7. The van der Waals surface area contributed by atoms with Crippen molar-refractivity contribution in [2.75, 3.05) is 101 Å². The third-order valence-electron chi connectivity index (χ3n) is 13.1. The Labute approximate surface area is 440 Å². The van der Waals surface area contributed by atoms with Crippen molar-refractivity contribution in [1.82, 2.24) is 29.6 Å². The lowest BCUT2D eigenvalue weighted by molar-refractivity contribution is 0.0635. The number of carbonyl (C=O) groups excluding carboxylic acids is 5. The summed E-state index contributed by atoms with van der Waals surface area (Å²) < 4.78 is 5.39. The molecule has 2 aliphatic rings. The van der Waals surface area contributed by atoms with Gasteiger partial charge in [0.15, 0.2) is 11.6 Å². The van der Waals surface area contributed by atoms with Gasteiger partial charge < -0.3 is 40.7 Å². The Morgan fingerprint density at radius 2 is 0.947 bits per heavy atom. The van der Waals surface area contributed by atoms with Crippen molar-refractivity contribution in [1.29, 1.82) is 0 Å². The van der Waals surface area contributed by atoms with Gasteiger partial charge >= 0.3 is 6.09 Å². The molecule has 3 amide bonds. The number of ketones is 2. The van der Waals surface area contributed by atoms with Crippen LogP contribution in [0.15, 0.2) is 134 Å². The first-order valence-electron chi connectivity index (χ1n) is 25.6. The minimum Gasteiger partial charge on any atom is -0.444 e. The van der Waals surface area contributed by atoms with Crippen LogP contribution in [0.5, 0.6) is 0 Å². The van der Waals surface area contributed by atoms with Crippen LogP contribution in [-0.4, -0.2) is 144 Å². The minimum atomic E-state index is -0.674. The van der Waals surface area contributed by atoms with Gasteiger partial charge in [0.05, 0.1) is 22.7 Å². The number of nitrogens with one attached hydrogen (secondary N) is 3. The number of likely N-dealkylation sites (N-methyl/N-ethyl adjacent to an activating group) is 2. The second-order valence-corrected chi connectivity index (χ2v) is 20.1. The van der Waals surface area contributed by atoms with Gasteiger partial charge in [-0.1, -0.05) is 48.5 Å². The number of Topliss-reactive ketones (excluding diaryl/α,β-unsaturated/α-hetero) is 2. The van der Waals surface area contributed by atoms with E-state index in [2.05, 4.69) is 59.6 Å². The van der Waals surface area contributed by atoms with E-state index in [-0.39, 0.29) is 23.4 Å². The van der Waals surface area contributed by atoms with Crippen molar-refractivity contribution < 1.29 is 28.7 Å². The van der Waals surface area contributed by atoms with Gasteiger partial charge in [-0.05, 0) is 133 Å². The van der Waals surface area contributed by atoms with Crippen molar-refractivity contribution >= 4 is 52.2 Å². The van der Waals surface area contributed by atoms with Crippen molar-refractivity contribution in [3.05, 3.63) is 156 Å². The van der Waals surface area contributed by atoms with E-state index in [0.717, 1.165) is 101 Å². The monoisotopic (exact) mass is 1010 g/mol. The second kappa shape index (κ2) is 26.5. The molecule has 0 unspecified atom stereocenters. The van der Waals surface area contributed by atoms with E-state index in [1.165, 1.54) is 0 Å². The van der Waals surface area contributed by atoms with Gasteiger partial charge in [0.2, 0.25) is 0 Å². The number of hydrogen-bond acceptors (Lipinski definition) is 13. The van der Waals surface area contributed by atoms with Crippen LogP contribution in [0.2, 0.25) is 0 Å². The number of aromatic nitrogens is 2. The molecule has 0 atom stereocenters. The van der Waals surface area contributed by atoms with Gasteiger partial charge in [-0.15, -0.1) is 0 Å². The molecule has 0 aliphatic carbocycles.